The van der Waals surface area contributed by atoms with Crippen LogP contribution >= 0.6 is 0 Å². The number of aromatic nitrogens is 2. The Labute approximate surface area is 173 Å². The van der Waals surface area contributed by atoms with Gasteiger partial charge in [-0.1, -0.05) is 81.1 Å². The molecule has 3 aromatic rings. The molecule has 1 heterocycles. The zero-order chi connectivity index (χ0) is 17.8. The van der Waals surface area contributed by atoms with E-state index in [1.54, 1.807) is 0 Å². The van der Waals surface area contributed by atoms with Gasteiger partial charge in [-0.15, -0.1) is 0 Å². The van der Waals surface area contributed by atoms with Crippen molar-refractivity contribution in [3.05, 3.63) is 78.4 Å². The van der Waals surface area contributed by atoms with Crippen LogP contribution in [0.25, 0.3) is 11.1 Å². The third kappa shape index (κ3) is 4.19. The van der Waals surface area contributed by atoms with Crippen LogP contribution in [0.5, 0.6) is 0 Å². The molecule has 0 spiro atoms. The summed E-state index contributed by atoms with van der Waals surface area (Å²) in [5.74, 6) is 0. The van der Waals surface area contributed by atoms with Gasteiger partial charge in [0, 0.05) is 11.1 Å². The van der Waals surface area contributed by atoms with Gasteiger partial charge >= 0.3 is 0 Å². The summed E-state index contributed by atoms with van der Waals surface area (Å²) in [5, 5.41) is 0. The molecule has 0 N–H and O–H groups in total. The molecule has 4 rings (SSSR count). The first-order chi connectivity index (χ1) is 12.9. The highest BCUT2D eigenvalue weighted by Gasteiger charge is 2.32. The fourth-order valence-electron chi connectivity index (χ4n) is 4.22. The highest BCUT2D eigenvalue weighted by molar-refractivity contribution is 5.78. The normalized spacial score (nSPS) is 12.5. The third-order valence-electron chi connectivity index (χ3n) is 5.58. The number of hydrogen-bond acceptors (Lipinski definition) is 0. The molecule has 0 bridgehead atoms. The van der Waals surface area contributed by atoms with Crippen molar-refractivity contribution in [3.8, 4) is 11.1 Å². The lowest BCUT2D eigenvalue weighted by molar-refractivity contribution is -0.697. The number of halogens is 1. The molecule has 0 saturated carbocycles. The number of rotatable bonds is 8. The minimum atomic E-state index is 0. The van der Waals surface area contributed by atoms with Gasteiger partial charge in [0.05, 0.1) is 6.54 Å². The van der Waals surface area contributed by atoms with Crippen molar-refractivity contribution in [1.82, 2.24) is 4.57 Å². The lowest BCUT2D eigenvalue weighted by Gasteiger charge is -2.09. The standard InChI is InChI=1S/C24H29N2.BrH/c1-2-3-4-5-6-11-16-25-17-18-26(19-25)24-22-14-9-7-12-20(22)21-13-8-10-15-23(21)24;/h7-10,12-15,17-19,24H,2-6,11,16H2,1H3;1H/q+1;/p-1. The first kappa shape index (κ1) is 19.9. The van der Waals surface area contributed by atoms with Gasteiger partial charge in [-0.2, -0.15) is 0 Å². The molecular weight excluding hydrogens is 396 g/mol. The van der Waals surface area contributed by atoms with Crippen LogP contribution in [-0.4, -0.2) is 4.57 Å². The Kier molecular flexibility index (Phi) is 6.89. The van der Waals surface area contributed by atoms with Gasteiger partial charge in [-0.25, -0.2) is 9.13 Å². The molecule has 1 aromatic heterocycles. The Morgan fingerprint density at radius 3 is 2.07 bits per heavy atom. The zero-order valence-electron chi connectivity index (χ0n) is 16.2. The second-order valence-corrected chi connectivity index (χ2v) is 7.44. The van der Waals surface area contributed by atoms with Crippen LogP contribution in [0.3, 0.4) is 0 Å². The number of aryl methyl sites for hydroxylation is 1. The molecule has 3 heteroatoms. The number of benzene rings is 2. The van der Waals surface area contributed by atoms with Crippen LogP contribution in [0.15, 0.2) is 67.3 Å². The first-order valence-corrected chi connectivity index (χ1v) is 10.1. The minimum Gasteiger partial charge on any atom is -1.00 e. The van der Waals surface area contributed by atoms with Crippen LogP contribution < -0.4 is 21.5 Å². The van der Waals surface area contributed by atoms with Crippen LogP contribution in [-0.2, 0) is 6.54 Å². The monoisotopic (exact) mass is 424 g/mol. The Balaban J connectivity index is 0.00000210. The maximum absolute atomic E-state index is 2.38. The molecule has 1 aliphatic carbocycles. The number of nitrogens with zero attached hydrogens (tertiary/aromatic N) is 2. The van der Waals surface area contributed by atoms with E-state index in [-0.39, 0.29) is 17.0 Å². The summed E-state index contributed by atoms with van der Waals surface area (Å²) in [6, 6.07) is 18.0. The SMILES string of the molecule is CCCCCCCC[n+]1ccn(C2c3ccccc3-c3ccccc32)c1.[Br-]. The third-order valence-corrected chi connectivity index (χ3v) is 5.58. The Morgan fingerprint density at radius 2 is 1.41 bits per heavy atom. The fourth-order valence-corrected chi connectivity index (χ4v) is 4.22. The molecule has 0 amide bonds. The van der Waals surface area contributed by atoms with Crippen molar-refractivity contribution < 1.29 is 21.5 Å². The quantitative estimate of drug-likeness (QED) is 0.303. The average molecular weight is 425 g/mol. The fraction of sp³-hybridized carbons (Fsp3) is 0.375. The summed E-state index contributed by atoms with van der Waals surface area (Å²) in [7, 11) is 0. The van der Waals surface area contributed by atoms with Gasteiger partial charge in [-0.05, 0) is 24.0 Å². The highest BCUT2D eigenvalue weighted by atomic mass is 79.9. The maximum Gasteiger partial charge on any atom is 0.244 e. The van der Waals surface area contributed by atoms with E-state index in [4.69, 9.17) is 0 Å². The Morgan fingerprint density at radius 1 is 0.815 bits per heavy atom. The summed E-state index contributed by atoms with van der Waals surface area (Å²) in [6.45, 7) is 3.40. The van der Waals surface area contributed by atoms with Gasteiger partial charge in [0.15, 0.2) is 6.04 Å². The molecule has 27 heavy (non-hydrogen) atoms. The van der Waals surface area contributed by atoms with Crippen molar-refractivity contribution in [2.45, 2.75) is 58.0 Å². The minimum absolute atomic E-state index is 0. The second-order valence-electron chi connectivity index (χ2n) is 7.44. The topological polar surface area (TPSA) is 8.81 Å². The Bertz CT molecular complexity index is 823. The van der Waals surface area contributed by atoms with Gasteiger partial charge in [-0.3, -0.25) is 0 Å². The largest absolute Gasteiger partial charge is 1.00 e. The first-order valence-electron chi connectivity index (χ1n) is 10.1. The highest BCUT2D eigenvalue weighted by Crippen LogP contribution is 2.44. The molecule has 0 unspecified atom stereocenters. The molecule has 0 saturated heterocycles. The molecule has 2 nitrogen and oxygen atoms in total. The van der Waals surface area contributed by atoms with E-state index in [2.05, 4.69) is 83.3 Å². The molecule has 0 atom stereocenters. The predicted molar refractivity (Wildman–Crippen MR) is 107 cm³/mol. The molecular formula is C24H29BrN2. The van der Waals surface area contributed by atoms with E-state index >= 15 is 0 Å². The van der Waals surface area contributed by atoms with Crippen LogP contribution in [0.2, 0.25) is 0 Å². The predicted octanol–water partition coefficient (Wildman–Crippen LogP) is 2.76. The Hall–Kier alpha value is -1.87. The number of unbranched alkanes of at least 4 members (excludes halogenated alkanes) is 5. The van der Waals surface area contributed by atoms with Gasteiger partial charge in [0.25, 0.3) is 0 Å². The van der Waals surface area contributed by atoms with Crippen LogP contribution in [0.1, 0.15) is 62.6 Å². The second kappa shape index (κ2) is 9.36. The van der Waals surface area contributed by atoms with Crippen molar-refractivity contribution in [1.29, 1.82) is 0 Å². The van der Waals surface area contributed by atoms with Gasteiger partial charge < -0.3 is 17.0 Å². The lowest BCUT2D eigenvalue weighted by Crippen LogP contribution is -3.00. The van der Waals surface area contributed by atoms with Crippen LogP contribution in [0, 0.1) is 0 Å². The summed E-state index contributed by atoms with van der Waals surface area (Å²) in [4.78, 5) is 0. The average Bonchev–Trinajstić information content (AvgIpc) is 3.27. The summed E-state index contributed by atoms with van der Waals surface area (Å²) in [6.07, 6.45) is 14.8. The number of hydrogen-bond donors (Lipinski definition) is 0. The van der Waals surface area contributed by atoms with Crippen molar-refractivity contribution in [3.63, 3.8) is 0 Å². The molecule has 0 fully saturated rings. The molecule has 2 aromatic carbocycles. The van der Waals surface area contributed by atoms with E-state index in [1.807, 2.05) is 0 Å². The van der Waals surface area contributed by atoms with Crippen molar-refractivity contribution in [2.75, 3.05) is 0 Å². The van der Waals surface area contributed by atoms with Crippen molar-refractivity contribution in [2.24, 2.45) is 0 Å². The van der Waals surface area contributed by atoms with E-state index in [9.17, 15) is 0 Å². The van der Waals surface area contributed by atoms with E-state index < -0.39 is 0 Å². The number of fused-ring (bicyclic) bond motifs is 3. The van der Waals surface area contributed by atoms with E-state index in [1.165, 1.54) is 60.8 Å². The van der Waals surface area contributed by atoms with Gasteiger partial charge in [0.1, 0.15) is 12.4 Å². The van der Waals surface area contributed by atoms with Crippen LogP contribution in [0.4, 0.5) is 0 Å². The van der Waals surface area contributed by atoms with E-state index in [0.29, 0.717) is 6.04 Å². The zero-order valence-corrected chi connectivity index (χ0v) is 17.7. The summed E-state index contributed by atoms with van der Waals surface area (Å²) < 4.78 is 4.73. The smallest absolute Gasteiger partial charge is 0.244 e. The summed E-state index contributed by atoms with van der Waals surface area (Å²) in [5.41, 5.74) is 5.58. The van der Waals surface area contributed by atoms with E-state index in [0.717, 1.165) is 6.54 Å². The summed E-state index contributed by atoms with van der Waals surface area (Å²) >= 11 is 0. The molecule has 142 valence electrons. The lowest BCUT2D eigenvalue weighted by atomic mass is 10.1. The van der Waals surface area contributed by atoms with Crippen molar-refractivity contribution >= 4 is 0 Å². The number of imidazole rings is 1. The molecule has 0 aliphatic heterocycles. The van der Waals surface area contributed by atoms with Gasteiger partial charge in [0.2, 0.25) is 6.33 Å². The molecule has 0 radical (unpaired) electrons. The molecule has 1 aliphatic rings. The maximum atomic E-state index is 2.38.